The highest BCUT2D eigenvalue weighted by Crippen LogP contribution is 2.26. The lowest BCUT2D eigenvalue weighted by atomic mass is 10.3. The second-order valence-electron chi connectivity index (χ2n) is 2.00. The number of hydrogen-bond donors (Lipinski definition) is 0. The van der Waals surface area contributed by atoms with Crippen LogP contribution in [0.4, 0.5) is 4.79 Å². The Balaban J connectivity index is 2.90. The van der Waals surface area contributed by atoms with Gasteiger partial charge < -0.3 is 9.47 Å². The molecule has 0 spiro atoms. The number of halogens is 1. The monoisotopic (exact) mass is 200 g/mol. The van der Waals surface area contributed by atoms with Gasteiger partial charge in [0.05, 0.1) is 0 Å². The maximum atomic E-state index is 10.4. The quantitative estimate of drug-likeness (QED) is 0.553. The van der Waals surface area contributed by atoms with E-state index in [1.807, 2.05) is 0 Å². The van der Waals surface area contributed by atoms with Crippen LogP contribution in [0.3, 0.4) is 0 Å². The van der Waals surface area contributed by atoms with Crippen molar-refractivity contribution in [1.82, 2.24) is 0 Å². The first kappa shape index (κ1) is 9.54. The lowest BCUT2D eigenvalue weighted by Gasteiger charge is -2.03. The number of carbonyl (C=O) groups excluding carboxylic acids is 2. The van der Waals surface area contributed by atoms with Crippen LogP contribution in [0.1, 0.15) is 0 Å². The second kappa shape index (κ2) is 4.47. The average molecular weight is 201 g/mol. The molecule has 4 nitrogen and oxygen atoms in total. The van der Waals surface area contributed by atoms with Gasteiger partial charge in [-0.15, -0.1) is 0 Å². The van der Waals surface area contributed by atoms with Gasteiger partial charge in [0.2, 0.25) is 0 Å². The van der Waals surface area contributed by atoms with E-state index in [1.54, 1.807) is 12.1 Å². The first-order valence-electron chi connectivity index (χ1n) is 3.30. The van der Waals surface area contributed by atoms with E-state index in [1.165, 1.54) is 12.1 Å². The van der Waals surface area contributed by atoms with E-state index >= 15 is 0 Å². The summed E-state index contributed by atoms with van der Waals surface area (Å²) in [4.78, 5) is 20.4. The zero-order chi connectivity index (χ0) is 9.68. The van der Waals surface area contributed by atoms with Crippen LogP contribution in [0.25, 0.3) is 0 Å². The van der Waals surface area contributed by atoms with E-state index in [2.05, 4.69) is 9.47 Å². The van der Waals surface area contributed by atoms with Crippen molar-refractivity contribution in [2.75, 3.05) is 0 Å². The maximum Gasteiger partial charge on any atom is 0.409 e. The zero-order valence-corrected chi connectivity index (χ0v) is 7.15. The van der Waals surface area contributed by atoms with Crippen LogP contribution in [-0.2, 0) is 4.79 Å². The van der Waals surface area contributed by atoms with Gasteiger partial charge in [0.25, 0.3) is 6.47 Å². The van der Waals surface area contributed by atoms with Crippen molar-refractivity contribution in [3.63, 3.8) is 0 Å². The fourth-order valence-electron chi connectivity index (χ4n) is 0.770. The highest BCUT2D eigenvalue weighted by molar-refractivity contribution is 6.61. The predicted molar refractivity (Wildman–Crippen MR) is 45.0 cm³/mol. The molecule has 0 fully saturated rings. The molecule has 0 amide bonds. The van der Waals surface area contributed by atoms with Crippen LogP contribution >= 0.6 is 11.6 Å². The number of benzene rings is 1. The topological polar surface area (TPSA) is 52.6 Å². The number of ether oxygens (including phenoxy) is 2. The molecule has 0 saturated heterocycles. The lowest BCUT2D eigenvalue weighted by Crippen LogP contribution is -1.99. The minimum Gasteiger partial charge on any atom is -0.425 e. The molecule has 1 aromatic carbocycles. The van der Waals surface area contributed by atoms with Gasteiger partial charge in [-0.1, -0.05) is 12.1 Å². The zero-order valence-electron chi connectivity index (χ0n) is 6.40. The van der Waals surface area contributed by atoms with Crippen LogP contribution in [0.5, 0.6) is 11.5 Å². The van der Waals surface area contributed by atoms with Crippen molar-refractivity contribution < 1.29 is 19.1 Å². The van der Waals surface area contributed by atoms with E-state index < -0.39 is 5.43 Å². The Morgan fingerprint density at radius 3 is 2.46 bits per heavy atom. The van der Waals surface area contributed by atoms with Crippen LogP contribution in [-0.4, -0.2) is 11.9 Å². The molecule has 0 bridgehead atoms. The molecule has 1 aromatic rings. The van der Waals surface area contributed by atoms with Gasteiger partial charge in [-0.05, 0) is 12.1 Å². The molecule has 5 heteroatoms. The van der Waals surface area contributed by atoms with Crippen molar-refractivity contribution in [1.29, 1.82) is 0 Å². The van der Waals surface area contributed by atoms with E-state index in [-0.39, 0.29) is 18.0 Å². The summed E-state index contributed by atoms with van der Waals surface area (Å²) >= 11 is 4.98. The van der Waals surface area contributed by atoms with Crippen molar-refractivity contribution in [2.24, 2.45) is 0 Å². The average Bonchev–Trinajstić information content (AvgIpc) is 2.08. The molecule has 0 atom stereocenters. The molecule has 0 aliphatic rings. The largest absolute Gasteiger partial charge is 0.425 e. The Hall–Kier alpha value is -1.55. The third-order valence-corrected chi connectivity index (χ3v) is 1.29. The minimum absolute atomic E-state index is 0.106. The first-order chi connectivity index (χ1) is 6.24. The highest BCUT2D eigenvalue weighted by atomic mass is 35.5. The molecule has 1 rings (SSSR count). The number of carbonyl (C=O) groups is 2. The fraction of sp³-hybridized carbons (Fsp3) is 0. The summed E-state index contributed by atoms with van der Waals surface area (Å²) in [6.45, 7) is 0.237. The Morgan fingerprint density at radius 2 is 1.92 bits per heavy atom. The van der Waals surface area contributed by atoms with E-state index in [9.17, 15) is 9.59 Å². The van der Waals surface area contributed by atoms with Gasteiger partial charge >= 0.3 is 5.43 Å². The molecular formula is C8H5ClO4. The molecule has 0 saturated carbocycles. The van der Waals surface area contributed by atoms with E-state index in [0.717, 1.165) is 0 Å². The summed E-state index contributed by atoms with van der Waals surface area (Å²) < 4.78 is 9.06. The summed E-state index contributed by atoms with van der Waals surface area (Å²) in [5.41, 5.74) is -0.984. The minimum atomic E-state index is -0.984. The fourth-order valence-corrected chi connectivity index (χ4v) is 0.853. The third kappa shape index (κ3) is 2.76. The first-order valence-corrected chi connectivity index (χ1v) is 3.68. The molecule has 13 heavy (non-hydrogen) atoms. The summed E-state index contributed by atoms with van der Waals surface area (Å²) in [7, 11) is 0. The maximum absolute atomic E-state index is 10.4. The normalized spacial score (nSPS) is 9.00. The summed E-state index contributed by atoms with van der Waals surface area (Å²) in [5.74, 6) is 0.251. The van der Waals surface area contributed by atoms with E-state index in [4.69, 9.17) is 11.6 Å². The van der Waals surface area contributed by atoms with Crippen LogP contribution in [0.15, 0.2) is 24.3 Å². The van der Waals surface area contributed by atoms with Gasteiger partial charge in [-0.2, -0.15) is 0 Å². The Bertz CT molecular complexity index is 324. The van der Waals surface area contributed by atoms with Crippen LogP contribution in [0.2, 0.25) is 0 Å². The van der Waals surface area contributed by atoms with Crippen molar-refractivity contribution in [3.05, 3.63) is 24.3 Å². The van der Waals surface area contributed by atoms with Crippen molar-refractivity contribution in [3.8, 4) is 11.5 Å². The molecule has 0 radical (unpaired) electrons. The highest BCUT2D eigenvalue weighted by Gasteiger charge is 2.06. The van der Waals surface area contributed by atoms with Crippen molar-refractivity contribution >= 4 is 23.5 Å². The number of rotatable bonds is 3. The predicted octanol–water partition coefficient (Wildman–Crippen LogP) is 1.96. The Kier molecular flexibility index (Phi) is 3.28. The smallest absolute Gasteiger partial charge is 0.409 e. The van der Waals surface area contributed by atoms with E-state index in [0.29, 0.717) is 0 Å². The van der Waals surface area contributed by atoms with Gasteiger partial charge in [0.1, 0.15) is 0 Å². The standard InChI is InChI=1S/C8H5ClO4/c9-8(11)13-7-4-2-1-3-6(7)12-5-10/h1-5H. The molecule has 0 aliphatic carbocycles. The van der Waals surface area contributed by atoms with Gasteiger partial charge in [0, 0.05) is 11.6 Å². The number of para-hydroxylation sites is 2. The Labute approximate surface area is 79.0 Å². The SMILES string of the molecule is O=COc1ccccc1OC(=O)Cl. The number of hydrogen-bond acceptors (Lipinski definition) is 4. The Morgan fingerprint density at radius 1 is 1.31 bits per heavy atom. The van der Waals surface area contributed by atoms with Crippen LogP contribution in [0, 0.1) is 0 Å². The third-order valence-electron chi connectivity index (χ3n) is 1.21. The molecule has 0 heterocycles. The van der Waals surface area contributed by atoms with Crippen LogP contribution < -0.4 is 9.47 Å². The molecule has 0 aliphatic heterocycles. The van der Waals surface area contributed by atoms with Gasteiger partial charge in [-0.3, -0.25) is 4.79 Å². The summed E-state index contributed by atoms with van der Waals surface area (Å²) in [6, 6.07) is 6.18. The molecule has 0 N–H and O–H groups in total. The second-order valence-corrected chi connectivity index (χ2v) is 2.31. The van der Waals surface area contributed by atoms with Gasteiger partial charge in [-0.25, -0.2) is 4.79 Å². The van der Waals surface area contributed by atoms with Crippen molar-refractivity contribution in [2.45, 2.75) is 0 Å². The van der Waals surface area contributed by atoms with Gasteiger partial charge in [0.15, 0.2) is 11.5 Å². The summed E-state index contributed by atoms with van der Waals surface area (Å²) in [5, 5.41) is 0. The molecule has 0 unspecified atom stereocenters. The molecular weight excluding hydrogens is 196 g/mol. The molecule has 0 aromatic heterocycles. The lowest BCUT2D eigenvalue weighted by molar-refractivity contribution is -0.120. The summed E-state index contributed by atoms with van der Waals surface area (Å²) in [6.07, 6.45) is 0. The molecule has 68 valence electrons.